The molecular formula is C17H15NO3. The summed E-state index contributed by atoms with van der Waals surface area (Å²) >= 11 is 0. The van der Waals surface area contributed by atoms with Crippen LogP contribution in [0.4, 0.5) is 5.69 Å². The molecule has 4 nitrogen and oxygen atoms in total. The van der Waals surface area contributed by atoms with E-state index in [4.69, 9.17) is 14.9 Å². The molecule has 2 aromatic carbocycles. The van der Waals surface area contributed by atoms with Crippen molar-refractivity contribution in [2.24, 2.45) is 0 Å². The number of carbonyl (C=O) groups is 1. The van der Waals surface area contributed by atoms with Gasteiger partial charge in [-0.15, -0.1) is 0 Å². The van der Waals surface area contributed by atoms with Crippen molar-refractivity contribution in [3.05, 3.63) is 54.3 Å². The average Bonchev–Trinajstić information content (AvgIpc) is 3.01. The van der Waals surface area contributed by atoms with Crippen LogP contribution in [0, 0.1) is 0 Å². The molecule has 0 saturated carbocycles. The molecule has 0 unspecified atom stereocenters. The van der Waals surface area contributed by atoms with E-state index >= 15 is 0 Å². The van der Waals surface area contributed by atoms with E-state index in [-0.39, 0.29) is 0 Å². The first-order valence-electron chi connectivity index (χ1n) is 6.74. The summed E-state index contributed by atoms with van der Waals surface area (Å²) < 4.78 is 10.6. The molecule has 0 amide bonds. The van der Waals surface area contributed by atoms with Crippen LogP contribution in [0.5, 0.6) is 0 Å². The fraction of sp³-hybridized carbons (Fsp3) is 0.118. The van der Waals surface area contributed by atoms with Gasteiger partial charge in [-0.25, -0.2) is 4.79 Å². The maximum atomic E-state index is 12.3. The van der Waals surface area contributed by atoms with Crippen LogP contribution in [0.3, 0.4) is 0 Å². The Morgan fingerprint density at radius 2 is 2.05 bits per heavy atom. The van der Waals surface area contributed by atoms with E-state index in [0.29, 0.717) is 29.2 Å². The number of nitrogen functional groups attached to an aromatic ring is 1. The molecule has 0 saturated heterocycles. The molecule has 4 heteroatoms. The van der Waals surface area contributed by atoms with E-state index in [1.165, 1.54) is 0 Å². The lowest BCUT2D eigenvalue weighted by Crippen LogP contribution is -2.10. The number of ether oxygens (including phenoxy) is 1. The highest BCUT2D eigenvalue weighted by Crippen LogP contribution is 2.35. The zero-order valence-electron chi connectivity index (χ0n) is 11.6. The van der Waals surface area contributed by atoms with Gasteiger partial charge in [0.25, 0.3) is 0 Å². The summed E-state index contributed by atoms with van der Waals surface area (Å²) in [5.41, 5.74) is 7.63. The first-order chi connectivity index (χ1) is 10.2. The Hall–Kier alpha value is -2.75. The molecule has 0 aliphatic carbocycles. The fourth-order valence-electron chi connectivity index (χ4n) is 2.42. The Morgan fingerprint density at radius 1 is 1.24 bits per heavy atom. The van der Waals surface area contributed by atoms with Crippen molar-refractivity contribution < 1.29 is 13.9 Å². The first kappa shape index (κ1) is 13.2. The van der Waals surface area contributed by atoms with Crippen molar-refractivity contribution in [1.29, 1.82) is 0 Å². The third kappa shape index (κ3) is 2.25. The first-order valence-corrected chi connectivity index (χ1v) is 6.74. The van der Waals surface area contributed by atoms with Gasteiger partial charge in [0.05, 0.1) is 24.1 Å². The highest BCUT2D eigenvalue weighted by Gasteiger charge is 2.21. The maximum Gasteiger partial charge on any atom is 0.341 e. The van der Waals surface area contributed by atoms with Gasteiger partial charge >= 0.3 is 5.97 Å². The lowest BCUT2D eigenvalue weighted by Gasteiger charge is -2.13. The van der Waals surface area contributed by atoms with Gasteiger partial charge in [-0.05, 0) is 30.5 Å². The van der Waals surface area contributed by atoms with E-state index < -0.39 is 5.97 Å². The summed E-state index contributed by atoms with van der Waals surface area (Å²) in [5, 5.41) is 1.78. The third-order valence-electron chi connectivity index (χ3n) is 3.36. The second kappa shape index (κ2) is 5.32. The molecule has 21 heavy (non-hydrogen) atoms. The van der Waals surface area contributed by atoms with Crippen molar-refractivity contribution in [2.45, 2.75) is 6.92 Å². The molecule has 2 N–H and O–H groups in total. The number of rotatable bonds is 3. The summed E-state index contributed by atoms with van der Waals surface area (Å²) in [6.45, 7) is 2.06. The predicted octanol–water partition coefficient (Wildman–Crippen LogP) is 3.86. The summed E-state index contributed by atoms with van der Waals surface area (Å²) in [7, 11) is 0. The number of hydrogen-bond acceptors (Lipinski definition) is 4. The normalized spacial score (nSPS) is 10.7. The highest BCUT2D eigenvalue weighted by molar-refractivity contribution is 6.11. The van der Waals surface area contributed by atoms with Crippen LogP contribution >= 0.6 is 0 Å². The van der Waals surface area contributed by atoms with Gasteiger partial charge in [-0.2, -0.15) is 0 Å². The number of hydrogen-bond donors (Lipinski definition) is 1. The van der Waals surface area contributed by atoms with Gasteiger partial charge in [0.1, 0.15) is 5.76 Å². The molecule has 0 fully saturated rings. The van der Waals surface area contributed by atoms with Gasteiger partial charge in [0, 0.05) is 10.9 Å². The largest absolute Gasteiger partial charge is 0.464 e. The van der Waals surface area contributed by atoms with E-state index in [2.05, 4.69) is 0 Å². The van der Waals surface area contributed by atoms with Crippen LogP contribution < -0.4 is 5.73 Å². The molecule has 1 heterocycles. The van der Waals surface area contributed by atoms with E-state index in [1.807, 2.05) is 30.3 Å². The minimum Gasteiger partial charge on any atom is -0.464 e. The maximum absolute atomic E-state index is 12.3. The topological polar surface area (TPSA) is 65.5 Å². The second-order valence-corrected chi connectivity index (χ2v) is 4.63. The van der Waals surface area contributed by atoms with Gasteiger partial charge < -0.3 is 14.9 Å². The number of furan rings is 1. The van der Waals surface area contributed by atoms with Crippen molar-refractivity contribution >= 4 is 22.4 Å². The van der Waals surface area contributed by atoms with Crippen molar-refractivity contribution in [3.8, 4) is 11.3 Å². The Bertz CT molecular complexity index is 791. The van der Waals surface area contributed by atoms with E-state index in [9.17, 15) is 4.79 Å². The quantitative estimate of drug-likeness (QED) is 0.585. The van der Waals surface area contributed by atoms with Crippen LogP contribution in [-0.4, -0.2) is 12.6 Å². The van der Waals surface area contributed by atoms with E-state index in [0.717, 1.165) is 10.8 Å². The van der Waals surface area contributed by atoms with Gasteiger partial charge in [-0.1, -0.05) is 24.3 Å². The molecule has 0 aliphatic rings. The highest BCUT2D eigenvalue weighted by atomic mass is 16.5. The smallest absolute Gasteiger partial charge is 0.341 e. The molecule has 0 spiro atoms. The summed E-state index contributed by atoms with van der Waals surface area (Å²) in [6.07, 6.45) is 1.57. The monoisotopic (exact) mass is 281 g/mol. The van der Waals surface area contributed by atoms with Crippen molar-refractivity contribution in [3.63, 3.8) is 0 Å². The number of anilines is 1. The Labute approximate surface area is 122 Å². The van der Waals surface area contributed by atoms with E-state index in [1.54, 1.807) is 25.3 Å². The number of nitrogens with two attached hydrogens (primary N) is 1. The lowest BCUT2D eigenvalue weighted by atomic mass is 9.97. The Balaban J connectivity index is 2.33. The van der Waals surface area contributed by atoms with Gasteiger partial charge in [0.15, 0.2) is 0 Å². The van der Waals surface area contributed by atoms with Crippen LogP contribution in [0.1, 0.15) is 17.3 Å². The summed E-state index contributed by atoms with van der Waals surface area (Å²) in [4.78, 5) is 12.3. The number of carbonyl (C=O) groups excluding carboxylic acids is 1. The number of esters is 1. The SMILES string of the molecule is CCOC(=O)c1c(-c2ccco2)cc2ccccc2c1N. The van der Waals surface area contributed by atoms with Crippen LogP contribution in [-0.2, 0) is 4.74 Å². The lowest BCUT2D eigenvalue weighted by molar-refractivity contribution is 0.0528. The van der Waals surface area contributed by atoms with Gasteiger partial charge in [-0.3, -0.25) is 0 Å². The van der Waals surface area contributed by atoms with Crippen molar-refractivity contribution in [2.75, 3.05) is 12.3 Å². The second-order valence-electron chi connectivity index (χ2n) is 4.63. The zero-order chi connectivity index (χ0) is 14.8. The minimum absolute atomic E-state index is 0.294. The minimum atomic E-state index is -0.438. The molecule has 1 aromatic heterocycles. The Kier molecular flexibility index (Phi) is 3.36. The molecule has 3 aromatic rings. The molecule has 0 aliphatic heterocycles. The fourth-order valence-corrected chi connectivity index (χ4v) is 2.42. The van der Waals surface area contributed by atoms with Crippen LogP contribution in [0.25, 0.3) is 22.1 Å². The molecule has 106 valence electrons. The number of fused-ring (bicyclic) bond motifs is 1. The average molecular weight is 281 g/mol. The third-order valence-corrected chi connectivity index (χ3v) is 3.36. The number of benzene rings is 2. The van der Waals surface area contributed by atoms with Crippen LogP contribution in [0.2, 0.25) is 0 Å². The molecule has 3 rings (SSSR count). The molecule has 0 bridgehead atoms. The molecule has 0 radical (unpaired) electrons. The predicted molar refractivity (Wildman–Crippen MR) is 82.0 cm³/mol. The zero-order valence-corrected chi connectivity index (χ0v) is 11.6. The molecular weight excluding hydrogens is 266 g/mol. The van der Waals surface area contributed by atoms with Gasteiger partial charge in [0.2, 0.25) is 0 Å². The van der Waals surface area contributed by atoms with Crippen molar-refractivity contribution in [1.82, 2.24) is 0 Å². The standard InChI is InChI=1S/C17H15NO3/c1-2-20-17(19)15-13(14-8-5-9-21-14)10-11-6-3-4-7-12(11)16(15)18/h3-10H,2,18H2,1H3. The molecule has 0 atom stereocenters. The van der Waals surface area contributed by atoms with Crippen LogP contribution in [0.15, 0.2) is 53.1 Å². The summed E-state index contributed by atoms with van der Waals surface area (Å²) in [6, 6.07) is 13.1. The Morgan fingerprint density at radius 3 is 2.76 bits per heavy atom. The summed E-state index contributed by atoms with van der Waals surface area (Å²) in [5.74, 6) is 0.155.